The number of piperidine rings is 1. The molecule has 2 aliphatic rings. The molecular formula is C22H21F3N4O2. The topological polar surface area (TPSA) is 74.1 Å². The van der Waals surface area contributed by atoms with E-state index >= 15 is 0 Å². The van der Waals surface area contributed by atoms with Gasteiger partial charge in [-0.2, -0.15) is 23.4 Å². The number of likely N-dealkylation sites (tertiary alicyclic amines) is 1. The highest BCUT2D eigenvalue weighted by Gasteiger charge is 2.40. The van der Waals surface area contributed by atoms with E-state index in [2.05, 4.69) is 15.5 Å². The molecule has 31 heavy (non-hydrogen) atoms. The Balaban J connectivity index is 1.51. The minimum absolute atomic E-state index is 0.0422. The van der Waals surface area contributed by atoms with Gasteiger partial charge in [-0.25, -0.2) is 0 Å². The number of carbonyl (C=O) groups is 2. The molecule has 2 aromatic carbocycles. The molecule has 162 valence electrons. The first kappa shape index (κ1) is 21.0. The van der Waals surface area contributed by atoms with Crippen LogP contribution in [-0.4, -0.2) is 29.3 Å². The molecule has 0 saturated carbocycles. The third kappa shape index (κ3) is 4.17. The highest BCUT2D eigenvalue weighted by atomic mass is 19.4. The van der Waals surface area contributed by atoms with E-state index in [0.717, 1.165) is 31.9 Å². The van der Waals surface area contributed by atoms with E-state index in [-0.39, 0.29) is 23.2 Å². The number of anilines is 1. The van der Waals surface area contributed by atoms with Crippen LogP contribution in [0.3, 0.4) is 0 Å². The number of amides is 2. The Morgan fingerprint density at radius 1 is 1.13 bits per heavy atom. The molecule has 1 saturated heterocycles. The van der Waals surface area contributed by atoms with E-state index in [1.807, 2.05) is 11.8 Å². The van der Waals surface area contributed by atoms with Crippen molar-refractivity contribution in [3.05, 3.63) is 59.2 Å². The molecule has 0 aliphatic carbocycles. The van der Waals surface area contributed by atoms with Gasteiger partial charge in [0.05, 0.1) is 16.9 Å². The molecule has 2 amide bonds. The fourth-order valence-electron chi connectivity index (χ4n) is 3.98. The Bertz CT molecular complexity index is 1030. The minimum Gasteiger partial charge on any atom is -0.336 e. The monoisotopic (exact) mass is 430 g/mol. The van der Waals surface area contributed by atoms with Gasteiger partial charge in [-0.3, -0.25) is 9.59 Å². The average molecular weight is 430 g/mol. The van der Waals surface area contributed by atoms with Crippen LogP contribution in [0.2, 0.25) is 0 Å². The predicted octanol–water partition coefficient (Wildman–Crippen LogP) is 5.50. The van der Waals surface area contributed by atoms with Crippen molar-refractivity contribution in [2.45, 2.75) is 44.4 Å². The van der Waals surface area contributed by atoms with Crippen LogP contribution < -0.4 is 5.32 Å². The van der Waals surface area contributed by atoms with Gasteiger partial charge in [-0.15, -0.1) is 0 Å². The van der Waals surface area contributed by atoms with E-state index in [0.29, 0.717) is 11.3 Å². The second-order valence-corrected chi connectivity index (χ2v) is 7.77. The summed E-state index contributed by atoms with van der Waals surface area (Å²) < 4.78 is 39.5. The SMILES string of the molecule is C[C@H]1CCCCN1C(=O)c1ccc(N=N[C@@H]2C(=O)Nc3c2cccc3C(F)(F)F)cc1. The van der Waals surface area contributed by atoms with Crippen molar-refractivity contribution in [2.24, 2.45) is 10.2 Å². The summed E-state index contributed by atoms with van der Waals surface area (Å²) in [5.41, 5.74) is -0.121. The van der Waals surface area contributed by atoms with Gasteiger partial charge in [0.25, 0.3) is 11.8 Å². The van der Waals surface area contributed by atoms with Crippen molar-refractivity contribution in [3.8, 4) is 0 Å². The third-order valence-electron chi connectivity index (χ3n) is 5.66. The van der Waals surface area contributed by atoms with Crippen molar-refractivity contribution in [2.75, 3.05) is 11.9 Å². The molecule has 1 N–H and O–H groups in total. The van der Waals surface area contributed by atoms with E-state index < -0.39 is 23.7 Å². The van der Waals surface area contributed by atoms with Crippen LogP contribution >= 0.6 is 0 Å². The number of benzene rings is 2. The molecule has 1 fully saturated rings. The Morgan fingerprint density at radius 3 is 2.55 bits per heavy atom. The van der Waals surface area contributed by atoms with Crippen LogP contribution in [0.4, 0.5) is 24.5 Å². The fraction of sp³-hybridized carbons (Fsp3) is 0.364. The standard InChI is InChI=1S/C22H21F3N4O2/c1-13-5-2-3-12-29(13)21(31)14-8-10-15(11-9-14)27-28-19-16-6-4-7-17(22(23,24)25)18(16)26-20(19)30/h4,6-11,13,19H,2-3,5,12H2,1H3,(H,26,30)/t13-,19-/m0/s1. The first-order chi connectivity index (χ1) is 14.8. The van der Waals surface area contributed by atoms with Gasteiger partial charge in [-0.05, 0) is 56.5 Å². The lowest BCUT2D eigenvalue weighted by Gasteiger charge is -2.33. The molecule has 0 bridgehead atoms. The molecular weight excluding hydrogens is 409 g/mol. The molecule has 0 spiro atoms. The molecule has 0 radical (unpaired) electrons. The molecule has 2 heterocycles. The number of hydrogen-bond donors (Lipinski definition) is 1. The van der Waals surface area contributed by atoms with Gasteiger partial charge in [0.2, 0.25) is 0 Å². The Hall–Kier alpha value is -3.23. The number of carbonyl (C=O) groups excluding carboxylic acids is 2. The molecule has 2 aromatic rings. The number of alkyl halides is 3. The van der Waals surface area contributed by atoms with Crippen LogP contribution in [0, 0.1) is 0 Å². The summed E-state index contributed by atoms with van der Waals surface area (Å²) in [5, 5.41) is 10.2. The number of hydrogen-bond acceptors (Lipinski definition) is 4. The zero-order valence-corrected chi connectivity index (χ0v) is 16.8. The lowest BCUT2D eigenvalue weighted by Crippen LogP contribution is -2.41. The smallest absolute Gasteiger partial charge is 0.336 e. The second-order valence-electron chi connectivity index (χ2n) is 7.77. The molecule has 0 aromatic heterocycles. The number of azo groups is 1. The largest absolute Gasteiger partial charge is 0.418 e. The molecule has 4 rings (SSSR count). The van der Waals surface area contributed by atoms with Crippen LogP contribution in [-0.2, 0) is 11.0 Å². The van der Waals surface area contributed by atoms with Crippen molar-refractivity contribution < 1.29 is 22.8 Å². The van der Waals surface area contributed by atoms with Crippen molar-refractivity contribution in [1.82, 2.24) is 4.90 Å². The fourth-order valence-corrected chi connectivity index (χ4v) is 3.98. The second kappa shape index (κ2) is 8.13. The van der Waals surface area contributed by atoms with E-state index in [1.165, 1.54) is 12.1 Å². The summed E-state index contributed by atoms with van der Waals surface area (Å²) in [4.78, 5) is 26.8. The van der Waals surface area contributed by atoms with Crippen molar-refractivity contribution in [1.29, 1.82) is 0 Å². The molecule has 2 aliphatic heterocycles. The summed E-state index contributed by atoms with van der Waals surface area (Å²) in [6.45, 7) is 2.77. The zero-order chi connectivity index (χ0) is 22.2. The summed E-state index contributed by atoms with van der Waals surface area (Å²) in [6.07, 6.45) is -1.49. The van der Waals surface area contributed by atoms with Crippen LogP contribution in [0.15, 0.2) is 52.7 Å². The molecule has 6 nitrogen and oxygen atoms in total. The van der Waals surface area contributed by atoms with Gasteiger partial charge in [0.1, 0.15) is 0 Å². The van der Waals surface area contributed by atoms with Crippen LogP contribution in [0.25, 0.3) is 0 Å². The quantitative estimate of drug-likeness (QED) is 0.653. The number of nitrogens with zero attached hydrogens (tertiary/aromatic N) is 3. The van der Waals surface area contributed by atoms with E-state index in [4.69, 9.17) is 0 Å². The van der Waals surface area contributed by atoms with Gasteiger partial charge < -0.3 is 10.2 Å². The highest BCUT2D eigenvalue weighted by molar-refractivity contribution is 6.03. The first-order valence-corrected chi connectivity index (χ1v) is 10.1. The van der Waals surface area contributed by atoms with Crippen molar-refractivity contribution in [3.63, 3.8) is 0 Å². The van der Waals surface area contributed by atoms with Crippen LogP contribution in [0.1, 0.15) is 53.7 Å². The highest BCUT2D eigenvalue weighted by Crippen LogP contribution is 2.43. The third-order valence-corrected chi connectivity index (χ3v) is 5.66. The number of fused-ring (bicyclic) bond motifs is 1. The minimum atomic E-state index is -4.58. The van der Waals surface area contributed by atoms with Crippen molar-refractivity contribution >= 4 is 23.2 Å². The maximum Gasteiger partial charge on any atom is 0.418 e. The van der Waals surface area contributed by atoms with Gasteiger partial charge >= 0.3 is 6.18 Å². The van der Waals surface area contributed by atoms with Gasteiger partial charge in [0.15, 0.2) is 6.04 Å². The number of nitrogens with one attached hydrogen (secondary N) is 1. The molecule has 2 atom stereocenters. The Kier molecular flexibility index (Phi) is 5.51. The van der Waals surface area contributed by atoms with E-state index in [1.54, 1.807) is 24.3 Å². The molecule has 9 heteroatoms. The number of rotatable bonds is 3. The first-order valence-electron chi connectivity index (χ1n) is 10.1. The normalized spacial score (nSPS) is 21.3. The lowest BCUT2D eigenvalue weighted by atomic mass is 10.0. The summed E-state index contributed by atoms with van der Waals surface area (Å²) in [5.74, 6) is -0.708. The predicted molar refractivity (Wildman–Crippen MR) is 108 cm³/mol. The van der Waals surface area contributed by atoms with E-state index in [9.17, 15) is 22.8 Å². The average Bonchev–Trinajstić information content (AvgIpc) is 3.06. The zero-order valence-electron chi connectivity index (χ0n) is 16.8. The number of halogens is 3. The van der Waals surface area contributed by atoms with Gasteiger partial charge in [-0.1, -0.05) is 12.1 Å². The Morgan fingerprint density at radius 2 is 1.87 bits per heavy atom. The molecule has 0 unspecified atom stereocenters. The maximum absolute atomic E-state index is 13.2. The van der Waals surface area contributed by atoms with Gasteiger partial charge in [0, 0.05) is 23.7 Å². The summed E-state index contributed by atoms with van der Waals surface area (Å²) >= 11 is 0. The Labute approximate surface area is 177 Å². The van der Waals surface area contributed by atoms with Crippen LogP contribution in [0.5, 0.6) is 0 Å². The summed E-state index contributed by atoms with van der Waals surface area (Å²) in [7, 11) is 0. The summed E-state index contributed by atoms with van der Waals surface area (Å²) in [6, 6.07) is 9.11. The maximum atomic E-state index is 13.2. The lowest BCUT2D eigenvalue weighted by molar-refractivity contribution is -0.136. The number of para-hydroxylation sites is 1.